The normalized spacial score (nSPS) is 11.3. The molecular formula is C21H17FN2O. The fraction of sp³-hybridized carbons (Fsp3) is 0.0952. The van der Waals surface area contributed by atoms with E-state index in [-0.39, 0.29) is 5.82 Å². The van der Waals surface area contributed by atoms with Crippen LogP contribution in [0.25, 0.3) is 21.8 Å². The van der Waals surface area contributed by atoms with Crippen LogP contribution in [0, 0.1) is 12.7 Å². The van der Waals surface area contributed by atoms with Gasteiger partial charge in [-0.25, -0.2) is 4.39 Å². The Kier molecular flexibility index (Phi) is 3.53. The number of primary amides is 1. The van der Waals surface area contributed by atoms with Gasteiger partial charge >= 0.3 is 0 Å². The van der Waals surface area contributed by atoms with Crippen molar-refractivity contribution >= 4 is 27.7 Å². The number of benzene rings is 3. The second kappa shape index (κ2) is 5.74. The van der Waals surface area contributed by atoms with Crippen molar-refractivity contribution in [3.05, 3.63) is 83.2 Å². The van der Waals surface area contributed by atoms with E-state index in [0.29, 0.717) is 28.4 Å². The molecule has 0 saturated heterocycles. The standard InChI is InChI=1S/C21H17FN2O/c1-13-6-2-3-7-14(13)12-24-18-11-5-9-16(21(23)25)19(18)15-8-4-10-17(22)20(15)24/h2-11H,12H2,1H3,(H2,23,25). The number of fused-ring (bicyclic) bond motifs is 3. The topological polar surface area (TPSA) is 48.0 Å². The van der Waals surface area contributed by atoms with Gasteiger partial charge in [0, 0.05) is 22.9 Å². The van der Waals surface area contributed by atoms with Gasteiger partial charge in [-0.15, -0.1) is 0 Å². The minimum Gasteiger partial charge on any atom is -0.366 e. The van der Waals surface area contributed by atoms with Crippen molar-refractivity contribution in [2.24, 2.45) is 5.73 Å². The molecule has 0 bridgehead atoms. The van der Waals surface area contributed by atoms with Gasteiger partial charge in [-0.3, -0.25) is 4.79 Å². The predicted molar refractivity (Wildman–Crippen MR) is 98.2 cm³/mol. The quantitative estimate of drug-likeness (QED) is 0.594. The second-order valence-corrected chi connectivity index (χ2v) is 6.21. The minimum absolute atomic E-state index is 0.308. The van der Waals surface area contributed by atoms with Crippen molar-refractivity contribution in [1.29, 1.82) is 0 Å². The first kappa shape index (κ1) is 15.4. The number of hydrogen-bond donors (Lipinski definition) is 1. The number of halogens is 1. The molecule has 0 radical (unpaired) electrons. The molecule has 3 nitrogen and oxygen atoms in total. The van der Waals surface area contributed by atoms with Crippen LogP contribution in [0.4, 0.5) is 4.39 Å². The number of carbonyl (C=O) groups excluding carboxylic acids is 1. The number of aromatic nitrogens is 1. The number of nitrogens with two attached hydrogens (primary N) is 1. The van der Waals surface area contributed by atoms with Crippen LogP contribution in [0.3, 0.4) is 0 Å². The van der Waals surface area contributed by atoms with E-state index in [0.717, 1.165) is 16.6 Å². The van der Waals surface area contributed by atoms with Crippen LogP contribution in [-0.4, -0.2) is 10.5 Å². The molecule has 4 heteroatoms. The van der Waals surface area contributed by atoms with E-state index in [1.54, 1.807) is 18.2 Å². The summed E-state index contributed by atoms with van der Waals surface area (Å²) in [6, 6.07) is 18.3. The maximum Gasteiger partial charge on any atom is 0.249 e. The molecule has 0 fully saturated rings. The van der Waals surface area contributed by atoms with Crippen molar-refractivity contribution in [1.82, 2.24) is 4.57 Å². The molecule has 0 aliphatic heterocycles. The van der Waals surface area contributed by atoms with E-state index in [9.17, 15) is 9.18 Å². The molecular weight excluding hydrogens is 315 g/mol. The van der Waals surface area contributed by atoms with Crippen LogP contribution in [0.15, 0.2) is 60.7 Å². The van der Waals surface area contributed by atoms with E-state index in [2.05, 4.69) is 0 Å². The van der Waals surface area contributed by atoms with Crippen molar-refractivity contribution in [3.8, 4) is 0 Å². The lowest BCUT2D eigenvalue weighted by Gasteiger charge is -2.11. The molecule has 4 rings (SSSR count). The van der Waals surface area contributed by atoms with E-state index < -0.39 is 5.91 Å². The summed E-state index contributed by atoms with van der Waals surface area (Å²) < 4.78 is 16.6. The summed E-state index contributed by atoms with van der Waals surface area (Å²) in [4.78, 5) is 11.9. The molecule has 0 spiro atoms. The molecule has 1 heterocycles. The van der Waals surface area contributed by atoms with Gasteiger partial charge in [0.1, 0.15) is 5.82 Å². The molecule has 0 unspecified atom stereocenters. The number of para-hydroxylation sites is 1. The van der Waals surface area contributed by atoms with Gasteiger partial charge in [0.15, 0.2) is 0 Å². The maximum absolute atomic E-state index is 14.7. The number of rotatable bonds is 3. The number of aryl methyl sites for hydroxylation is 1. The molecule has 2 N–H and O–H groups in total. The zero-order valence-corrected chi connectivity index (χ0v) is 13.8. The molecule has 1 aromatic heterocycles. The fourth-order valence-electron chi connectivity index (χ4n) is 3.49. The Bertz CT molecular complexity index is 1130. The van der Waals surface area contributed by atoms with Crippen LogP contribution < -0.4 is 5.73 Å². The largest absolute Gasteiger partial charge is 0.366 e. The Morgan fingerprint density at radius 3 is 2.56 bits per heavy atom. The number of carbonyl (C=O) groups is 1. The summed E-state index contributed by atoms with van der Waals surface area (Å²) in [5, 5.41) is 1.41. The maximum atomic E-state index is 14.7. The second-order valence-electron chi connectivity index (χ2n) is 6.21. The molecule has 124 valence electrons. The molecule has 0 saturated carbocycles. The Morgan fingerprint density at radius 2 is 1.80 bits per heavy atom. The Hall–Kier alpha value is -3.14. The van der Waals surface area contributed by atoms with Gasteiger partial charge in [0.25, 0.3) is 0 Å². The van der Waals surface area contributed by atoms with Crippen molar-refractivity contribution in [2.75, 3.05) is 0 Å². The Labute approximate surface area is 144 Å². The number of nitrogens with zero attached hydrogens (tertiary/aromatic N) is 1. The molecule has 25 heavy (non-hydrogen) atoms. The molecule has 1 amide bonds. The lowest BCUT2D eigenvalue weighted by molar-refractivity contribution is 0.100. The molecule has 3 aromatic carbocycles. The zero-order valence-electron chi connectivity index (χ0n) is 13.8. The van der Waals surface area contributed by atoms with Crippen LogP contribution in [-0.2, 0) is 6.54 Å². The first-order chi connectivity index (χ1) is 12.1. The SMILES string of the molecule is Cc1ccccc1Cn1c2cccc(C(N)=O)c2c2cccc(F)c21. The third-order valence-electron chi connectivity index (χ3n) is 4.71. The number of hydrogen-bond acceptors (Lipinski definition) is 1. The first-order valence-corrected chi connectivity index (χ1v) is 8.11. The lowest BCUT2D eigenvalue weighted by Crippen LogP contribution is -2.11. The first-order valence-electron chi connectivity index (χ1n) is 8.11. The molecule has 0 atom stereocenters. The highest BCUT2D eigenvalue weighted by Crippen LogP contribution is 2.33. The van der Waals surface area contributed by atoms with Crippen LogP contribution >= 0.6 is 0 Å². The summed E-state index contributed by atoms with van der Waals surface area (Å²) >= 11 is 0. The van der Waals surface area contributed by atoms with Gasteiger partial charge in [0.2, 0.25) is 5.91 Å². The summed E-state index contributed by atoms with van der Waals surface area (Å²) in [7, 11) is 0. The molecule has 0 aliphatic carbocycles. The third kappa shape index (κ3) is 2.38. The summed E-state index contributed by atoms with van der Waals surface area (Å²) in [6.07, 6.45) is 0. The van der Waals surface area contributed by atoms with E-state index in [4.69, 9.17) is 5.73 Å². The van der Waals surface area contributed by atoms with Crippen LogP contribution in [0.2, 0.25) is 0 Å². The average molecular weight is 332 g/mol. The lowest BCUT2D eigenvalue weighted by atomic mass is 10.1. The van der Waals surface area contributed by atoms with Gasteiger partial charge in [-0.05, 0) is 36.2 Å². The average Bonchev–Trinajstić information content (AvgIpc) is 2.92. The van der Waals surface area contributed by atoms with Gasteiger partial charge in [-0.2, -0.15) is 0 Å². The van der Waals surface area contributed by atoms with E-state index in [1.165, 1.54) is 6.07 Å². The van der Waals surface area contributed by atoms with E-state index in [1.807, 2.05) is 47.9 Å². The third-order valence-corrected chi connectivity index (χ3v) is 4.71. The smallest absolute Gasteiger partial charge is 0.249 e. The Morgan fingerprint density at radius 1 is 1.04 bits per heavy atom. The fourth-order valence-corrected chi connectivity index (χ4v) is 3.49. The van der Waals surface area contributed by atoms with Crippen molar-refractivity contribution in [3.63, 3.8) is 0 Å². The highest BCUT2D eigenvalue weighted by atomic mass is 19.1. The van der Waals surface area contributed by atoms with Crippen LogP contribution in [0.5, 0.6) is 0 Å². The van der Waals surface area contributed by atoms with Gasteiger partial charge in [0.05, 0.1) is 11.0 Å². The van der Waals surface area contributed by atoms with Crippen LogP contribution in [0.1, 0.15) is 21.5 Å². The van der Waals surface area contributed by atoms with Gasteiger partial charge in [-0.1, -0.05) is 42.5 Å². The summed E-state index contributed by atoms with van der Waals surface area (Å²) in [5.41, 5.74) is 9.51. The van der Waals surface area contributed by atoms with E-state index >= 15 is 0 Å². The molecule has 0 aliphatic rings. The monoisotopic (exact) mass is 332 g/mol. The molecule has 4 aromatic rings. The number of amides is 1. The highest BCUT2D eigenvalue weighted by molar-refractivity contribution is 6.17. The highest BCUT2D eigenvalue weighted by Gasteiger charge is 2.18. The van der Waals surface area contributed by atoms with Crippen molar-refractivity contribution < 1.29 is 9.18 Å². The van der Waals surface area contributed by atoms with Crippen molar-refractivity contribution in [2.45, 2.75) is 13.5 Å². The zero-order chi connectivity index (χ0) is 17.6. The predicted octanol–water partition coefficient (Wildman–Crippen LogP) is 4.39. The minimum atomic E-state index is -0.509. The summed E-state index contributed by atoms with van der Waals surface area (Å²) in [6.45, 7) is 2.56. The van der Waals surface area contributed by atoms with Gasteiger partial charge < -0.3 is 10.3 Å². The Balaban J connectivity index is 2.10. The summed E-state index contributed by atoms with van der Waals surface area (Å²) in [5.74, 6) is -0.817.